The highest BCUT2D eigenvalue weighted by atomic mass is 16.5. The Morgan fingerprint density at radius 3 is 2.23 bits per heavy atom. The van der Waals surface area contributed by atoms with Crippen LogP contribution in [0.25, 0.3) is 0 Å². The van der Waals surface area contributed by atoms with Crippen LogP contribution in [0.3, 0.4) is 0 Å². The lowest BCUT2D eigenvalue weighted by atomic mass is 9.93. The first-order valence-electron chi connectivity index (χ1n) is 10.8. The molecular formula is C27H27NO3. The molecule has 0 bridgehead atoms. The van der Waals surface area contributed by atoms with Gasteiger partial charge in [-0.05, 0) is 36.6 Å². The first-order valence-corrected chi connectivity index (χ1v) is 10.8. The molecule has 4 rings (SSSR count). The lowest BCUT2D eigenvalue weighted by molar-refractivity contribution is 0.0750. The molecule has 1 saturated heterocycles. The zero-order valence-electron chi connectivity index (χ0n) is 17.8. The number of nitrogens with zero attached hydrogens (tertiary/aromatic N) is 1. The molecule has 31 heavy (non-hydrogen) atoms. The van der Waals surface area contributed by atoms with Crippen LogP contribution in [0.1, 0.15) is 57.0 Å². The Morgan fingerprint density at radius 1 is 0.839 bits per heavy atom. The van der Waals surface area contributed by atoms with Crippen molar-refractivity contribution < 1.29 is 14.3 Å². The maximum atomic E-state index is 13.5. The van der Waals surface area contributed by atoms with Crippen LogP contribution in [0.5, 0.6) is 5.75 Å². The number of ether oxygens (including phenoxy) is 1. The highest BCUT2D eigenvalue weighted by molar-refractivity contribution is 6.15. The molecule has 4 nitrogen and oxygen atoms in total. The van der Waals surface area contributed by atoms with Gasteiger partial charge in [-0.15, -0.1) is 0 Å². The maximum absolute atomic E-state index is 13.5. The molecular weight excluding hydrogens is 386 g/mol. The van der Waals surface area contributed by atoms with Crippen LogP contribution in [0, 0.1) is 0 Å². The molecule has 0 N–H and O–H groups in total. The van der Waals surface area contributed by atoms with Crippen LogP contribution in [-0.2, 0) is 0 Å². The summed E-state index contributed by atoms with van der Waals surface area (Å²) >= 11 is 0. The second-order valence-electron chi connectivity index (χ2n) is 7.96. The van der Waals surface area contributed by atoms with Crippen molar-refractivity contribution in [2.75, 3.05) is 20.2 Å². The van der Waals surface area contributed by atoms with Gasteiger partial charge < -0.3 is 9.64 Å². The van der Waals surface area contributed by atoms with Gasteiger partial charge in [0.2, 0.25) is 0 Å². The van der Waals surface area contributed by atoms with Crippen LogP contribution in [0.15, 0.2) is 78.9 Å². The van der Waals surface area contributed by atoms with E-state index in [4.69, 9.17) is 4.74 Å². The Labute approximate surface area is 183 Å². The molecule has 1 unspecified atom stereocenters. The summed E-state index contributed by atoms with van der Waals surface area (Å²) in [6, 6.07) is 24.4. The minimum absolute atomic E-state index is 0.0692. The van der Waals surface area contributed by atoms with E-state index in [1.165, 1.54) is 5.56 Å². The standard InChI is InChI=1S/C27H27NO3/c1-31-23-16-14-20(15-17-23)22-11-7-8-18-28(19-22)27(30)25-13-6-5-12-24(25)26(29)21-9-3-2-4-10-21/h2-6,9-10,12-17,22H,7-8,11,18-19H2,1H3. The van der Waals surface area contributed by atoms with Gasteiger partial charge in [0.1, 0.15) is 5.75 Å². The van der Waals surface area contributed by atoms with Crippen molar-refractivity contribution in [2.45, 2.75) is 25.2 Å². The number of rotatable bonds is 5. The molecule has 3 aromatic rings. The van der Waals surface area contributed by atoms with Crippen molar-refractivity contribution in [2.24, 2.45) is 0 Å². The lowest BCUT2D eigenvalue weighted by Crippen LogP contribution is -2.35. The van der Waals surface area contributed by atoms with Gasteiger partial charge in [-0.1, -0.05) is 67.1 Å². The van der Waals surface area contributed by atoms with E-state index in [0.717, 1.165) is 25.0 Å². The second kappa shape index (κ2) is 9.61. The summed E-state index contributed by atoms with van der Waals surface area (Å²) in [6.07, 6.45) is 3.08. The number of ketones is 1. The summed E-state index contributed by atoms with van der Waals surface area (Å²) < 4.78 is 5.27. The van der Waals surface area contributed by atoms with Crippen LogP contribution < -0.4 is 4.74 Å². The zero-order valence-corrected chi connectivity index (χ0v) is 17.8. The number of hydrogen-bond acceptors (Lipinski definition) is 3. The fourth-order valence-electron chi connectivity index (χ4n) is 4.26. The first-order chi connectivity index (χ1) is 15.2. The zero-order chi connectivity index (χ0) is 21.6. The largest absolute Gasteiger partial charge is 0.497 e. The van der Waals surface area contributed by atoms with Crippen LogP contribution in [0.4, 0.5) is 0 Å². The van der Waals surface area contributed by atoms with E-state index in [0.29, 0.717) is 29.8 Å². The summed E-state index contributed by atoms with van der Waals surface area (Å²) in [7, 11) is 1.66. The van der Waals surface area contributed by atoms with E-state index in [1.54, 1.807) is 31.4 Å². The van der Waals surface area contributed by atoms with E-state index in [9.17, 15) is 9.59 Å². The summed E-state index contributed by atoms with van der Waals surface area (Å²) in [5, 5.41) is 0. The molecule has 0 saturated carbocycles. The second-order valence-corrected chi connectivity index (χ2v) is 7.96. The van der Waals surface area contributed by atoms with E-state index in [2.05, 4.69) is 12.1 Å². The molecule has 1 amide bonds. The summed E-state index contributed by atoms with van der Waals surface area (Å²) in [5.41, 5.74) is 2.75. The number of likely N-dealkylation sites (tertiary alicyclic amines) is 1. The highest BCUT2D eigenvalue weighted by Crippen LogP contribution is 2.29. The number of carbonyl (C=O) groups is 2. The number of benzene rings is 3. The highest BCUT2D eigenvalue weighted by Gasteiger charge is 2.27. The SMILES string of the molecule is COc1ccc(C2CCCCN(C(=O)c3ccccc3C(=O)c3ccccc3)C2)cc1. The number of hydrogen-bond donors (Lipinski definition) is 0. The molecule has 0 radical (unpaired) electrons. The monoisotopic (exact) mass is 413 g/mol. The summed E-state index contributed by atoms with van der Waals surface area (Å²) in [5.74, 6) is 0.916. The molecule has 1 heterocycles. The Balaban J connectivity index is 1.59. The van der Waals surface area contributed by atoms with Crippen molar-refractivity contribution in [3.63, 3.8) is 0 Å². The van der Waals surface area contributed by atoms with E-state index >= 15 is 0 Å². The van der Waals surface area contributed by atoms with Crippen LogP contribution in [0.2, 0.25) is 0 Å². The quantitative estimate of drug-likeness (QED) is 0.531. The van der Waals surface area contributed by atoms with E-state index in [-0.39, 0.29) is 17.6 Å². The van der Waals surface area contributed by atoms with Crippen molar-refractivity contribution >= 4 is 11.7 Å². The van der Waals surface area contributed by atoms with Crippen LogP contribution >= 0.6 is 0 Å². The third-order valence-electron chi connectivity index (χ3n) is 5.98. The Hall–Kier alpha value is -3.40. The minimum Gasteiger partial charge on any atom is -0.497 e. The van der Waals surface area contributed by atoms with Gasteiger partial charge in [-0.25, -0.2) is 0 Å². The molecule has 1 aliphatic rings. The topological polar surface area (TPSA) is 46.6 Å². The van der Waals surface area contributed by atoms with Crippen molar-refractivity contribution in [1.82, 2.24) is 4.90 Å². The molecule has 0 aliphatic carbocycles. The lowest BCUT2D eigenvalue weighted by Gasteiger charge is -2.26. The predicted molar refractivity (Wildman–Crippen MR) is 122 cm³/mol. The van der Waals surface area contributed by atoms with Gasteiger partial charge in [0.15, 0.2) is 5.78 Å². The minimum atomic E-state index is -0.119. The third kappa shape index (κ3) is 4.69. The average Bonchev–Trinajstić information content (AvgIpc) is 3.10. The first kappa shape index (κ1) is 20.9. The fraction of sp³-hybridized carbons (Fsp3) is 0.259. The van der Waals surface area contributed by atoms with Crippen molar-refractivity contribution in [3.8, 4) is 5.75 Å². The molecule has 3 aromatic carbocycles. The number of carbonyl (C=O) groups excluding carboxylic acids is 2. The fourth-order valence-corrected chi connectivity index (χ4v) is 4.26. The van der Waals surface area contributed by atoms with Gasteiger partial charge in [-0.3, -0.25) is 9.59 Å². The number of amides is 1. The maximum Gasteiger partial charge on any atom is 0.254 e. The summed E-state index contributed by atoms with van der Waals surface area (Å²) in [6.45, 7) is 1.36. The third-order valence-corrected chi connectivity index (χ3v) is 5.98. The molecule has 1 fully saturated rings. The van der Waals surface area contributed by atoms with Gasteiger partial charge in [0.25, 0.3) is 5.91 Å². The van der Waals surface area contributed by atoms with Gasteiger partial charge in [-0.2, -0.15) is 0 Å². The van der Waals surface area contributed by atoms with Gasteiger partial charge >= 0.3 is 0 Å². The van der Waals surface area contributed by atoms with Crippen LogP contribution in [-0.4, -0.2) is 36.8 Å². The molecule has 1 atom stereocenters. The molecule has 158 valence electrons. The Kier molecular flexibility index (Phi) is 6.46. The molecule has 4 heteroatoms. The smallest absolute Gasteiger partial charge is 0.254 e. The summed E-state index contributed by atoms with van der Waals surface area (Å²) in [4.78, 5) is 28.5. The van der Waals surface area contributed by atoms with Gasteiger partial charge in [0, 0.05) is 30.1 Å². The predicted octanol–water partition coefficient (Wildman–Crippen LogP) is 5.34. The average molecular weight is 414 g/mol. The van der Waals surface area contributed by atoms with Crippen molar-refractivity contribution in [3.05, 3.63) is 101 Å². The molecule has 0 aromatic heterocycles. The molecule has 0 spiro atoms. The number of methoxy groups -OCH3 is 1. The Bertz CT molecular complexity index is 1040. The molecule has 1 aliphatic heterocycles. The van der Waals surface area contributed by atoms with E-state index < -0.39 is 0 Å². The van der Waals surface area contributed by atoms with E-state index in [1.807, 2.05) is 47.4 Å². The Morgan fingerprint density at radius 2 is 1.52 bits per heavy atom. The van der Waals surface area contributed by atoms with Gasteiger partial charge in [0.05, 0.1) is 12.7 Å². The normalized spacial score (nSPS) is 16.4. The van der Waals surface area contributed by atoms with Crippen molar-refractivity contribution in [1.29, 1.82) is 0 Å².